The van der Waals surface area contributed by atoms with Gasteiger partial charge in [0, 0.05) is 19.1 Å². The molecule has 3 rings (SSSR count). The molecule has 0 bridgehead atoms. The molecule has 1 aromatic heterocycles. The number of rotatable bonds is 3. The summed E-state index contributed by atoms with van der Waals surface area (Å²) in [6, 6.07) is 6.20. The number of piperidine rings is 1. The summed E-state index contributed by atoms with van der Waals surface area (Å²) in [7, 11) is 0. The first-order valence-electron chi connectivity index (χ1n) is 8.75. The third-order valence-corrected chi connectivity index (χ3v) is 5.06. The summed E-state index contributed by atoms with van der Waals surface area (Å²) in [6.45, 7) is 7.16. The van der Waals surface area contributed by atoms with E-state index in [9.17, 15) is 9.18 Å². The Bertz CT molecular complexity index is 766. The van der Waals surface area contributed by atoms with Gasteiger partial charge < -0.3 is 10.6 Å². The lowest BCUT2D eigenvalue weighted by Gasteiger charge is -2.34. The first kappa shape index (κ1) is 17.6. The second-order valence-corrected chi connectivity index (χ2v) is 6.95. The molecule has 1 aliphatic rings. The zero-order valence-corrected chi connectivity index (χ0v) is 15.0. The molecule has 1 aliphatic heterocycles. The quantitative estimate of drug-likeness (QED) is 0.931. The van der Waals surface area contributed by atoms with Gasteiger partial charge in [-0.1, -0.05) is 0 Å². The van der Waals surface area contributed by atoms with Gasteiger partial charge in [0.2, 0.25) is 0 Å². The van der Waals surface area contributed by atoms with Crippen molar-refractivity contribution in [3.05, 3.63) is 47.0 Å². The maximum atomic E-state index is 13.2. The van der Waals surface area contributed by atoms with Crippen LogP contribution in [0.5, 0.6) is 0 Å². The molecule has 1 fully saturated rings. The Morgan fingerprint density at radius 3 is 2.64 bits per heavy atom. The highest BCUT2D eigenvalue weighted by atomic mass is 19.1. The van der Waals surface area contributed by atoms with E-state index in [4.69, 9.17) is 5.73 Å². The van der Waals surface area contributed by atoms with Crippen molar-refractivity contribution in [1.82, 2.24) is 14.7 Å². The van der Waals surface area contributed by atoms with Crippen molar-refractivity contribution in [2.75, 3.05) is 13.1 Å². The summed E-state index contributed by atoms with van der Waals surface area (Å²) < 4.78 is 14.9. The molecule has 2 aromatic rings. The fourth-order valence-electron chi connectivity index (χ4n) is 3.57. The predicted octanol–water partition coefficient (Wildman–Crippen LogP) is 2.83. The van der Waals surface area contributed by atoms with Gasteiger partial charge in [0.15, 0.2) is 0 Å². The summed E-state index contributed by atoms with van der Waals surface area (Å²) in [4.78, 5) is 15.0. The SMILES string of the molecule is Cc1nn(-c2ccc(F)cc2)c(C)c1C(=O)N1CCCC(C(C)N)C1. The Kier molecular flexibility index (Phi) is 4.90. The van der Waals surface area contributed by atoms with Crippen molar-refractivity contribution < 1.29 is 9.18 Å². The first-order valence-corrected chi connectivity index (χ1v) is 8.75. The highest BCUT2D eigenvalue weighted by molar-refractivity contribution is 5.96. The molecule has 6 heteroatoms. The maximum Gasteiger partial charge on any atom is 0.257 e. The molecule has 25 heavy (non-hydrogen) atoms. The van der Waals surface area contributed by atoms with Crippen molar-refractivity contribution >= 4 is 5.91 Å². The van der Waals surface area contributed by atoms with Gasteiger partial charge in [-0.15, -0.1) is 0 Å². The minimum absolute atomic E-state index is 0.00807. The molecule has 0 aliphatic carbocycles. The van der Waals surface area contributed by atoms with E-state index in [2.05, 4.69) is 5.10 Å². The summed E-state index contributed by atoms with van der Waals surface area (Å²) in [5, 5.41) is 4.50. The average Bonchev–Trinajstić information content (AvgIpc) is 2.89. The number of nitrogens with zero attached hydrogens (tertiary/aromatic N) is 3. The van der Waals surface area contributed by atoms with Crippen LogP contribution in [-0.2, 0) is 0 Å². The average molecular weight is 344 g/mol. The lowest BCUT2D eigenvalue weighted by molar-refractivity contribution is 0.0659. The summed E-state index contributed by atoms with van der Waals surface area (Å²) in [6.07, 6.45) is 2.04. The van der Waals surface area contributed by atoms with Crippen LogP contribution >= 0.6 is 0 Å². The number of halogens is 1. The van der Waals surface area contributed by atoms with E-state index < -0.39 is 0 Å². The van der Waals surface area contributed by atoms with Gasteiger partial charge >= 0.3 is 0 Å². The van der Waals surface area contributed by atoms with Crippen LogP contribution in [0.1, 0.15) is 41.5 Å². The molecular weight excluding hydrogens is 319 g/mol. The number of aromatic nitrogens is 2. The van der Waals surface area contributed by atoms with Crippen LogP contribution in [0.15, 0.2) is 24.3 Å². The molecule has 1 saturated heterocycles. The number of carbonyl (C=O) groups excluding carboxylic acids is 1. The zero-order valence-electron chi connectivity index (χ0n) is 15.0. The molecule has 0 saturated carbocycles. The van der Waals surface area contributed by atoms with E-state index in [0.717, 1.165) is 30.8 Å². The number of benzene rings is 1. The zero-order chi connectivity index (χ0) is 18.1. The van der Waals surface area contributed by atoms with Crippen LogP contribution in [-0.4, -0.2) is 39.7 Å². The number of hydrogen-bond acceptors (Lipinski definition) is 3. The Morgan fingerprint density at radius 1 is 1.32 bits per heavy atom. The molecule has 0 radical (unpaired) electrons. The number of carbonyl (C=O) groups is 1. The van der Waals surface area contributed by atoms with Crippen LogP contribution in [0.3, 0.4) is 0 Å². The molecule has 134 valence electrons. The van der Waals surface area contributed by atoms with Crippen LogP contribution in [0.4, 0.5) is 4.39 Å². The Labute approximate surface area is 147 Å². The van der Waals surface area contributed by atoms with Gasteiger partial charge in [-0.3, -0.25) is 4.79 Å². The van der Waals surface area contributed by atoms with E-state index in [1.54, 1.807) is 16.8 Å². The third-order valence-electron chi connectivity index (χ3n) is 5.06. The number of nitrogens with two attached hydrogens (primary N) is 1. The second-order valence-electron chi connectivity index (χ2n) is 6.95. The van der Waals surface area contributed by atoms with E-state index in [-0.39, 0.29) is 17.8 Å². The van der Waals surface area contributed by atoms with E-state index in [1.807, 2.05) is 25.7 Å². The molecule has 1 aromatic carbocycles. The second kappa shape index (κ2) is 6.96. The predicted molar refractivity (Wildman–Crippen MR) is 95.3 cm³/mol. The van der Waals surface area contributed by atoms with Gasteiger partial charge in [0.1, 0.15) is 5.82 Å². The smallest absolute Gasteiger partial charge is 0.257 e. The van der Waals surface area contributed by atoms with Crippen molar-refractivity contribution in [3.8, 4) is 5.69 Å². The van der Waals surface area contributed by atoms with E-state index in [0.29, 0.717) is 23.7 Å². The van der Waals surface area contributed by atoms with Crippen molar-refractivity contribution in [2.24, 2.45) is 11.7 Å². The molecular formula is C19H25FN4O. The standard InChI is InChI=1S/C19H25FN4O/c1-12(21)15-5-4-10-23(11-15)19(25)18-13(2)22-24(14(18)3)17-8-6-16(20)7-9-17/h6-9,12,15H,4-5,10-11,21H2,1-3H3. The van der Waals surface area contributed by atoms with Gasteiger partial charge in [-0.25, -0.2) is 9.07 Å². The Morgan fingerprint density at radius 2 is 2.00 bits per heavy atom. The van der Waals surface area contributed by atoms with E-state index in [1.165, 1.54) is 12.1 Å². The summed E-state index contributed by atoms with van der Waals surface area (Å²) in [5.74, 6) is 0.0519. The monoisotopic (exact) mass is 344 g/mol. The molecule has 5 nitrogen and oxygen atoms in total. The van der Waals surface area contributed by atoms with E-state index >= 15 is 0 Å². The van der Waals surface area contributed by atoms with Crippen LogP contribution in [0.25, 0.3) is 5.69 Å². The molecule has 2 unspecified atom stereocenters. The van der Waals surface area contributed by atoms with Gasteiger partial charge in [-0.05, 0) is 63.8 Å². The van der Waals surface area contributed by atoms with Gasteiger partial charge in [0.05, 0.1) is 22.6 Å². The largest absolute Gasteiger partial charge is 0.338 e. The highest BCUT2D eigenvalue weighted by Crippen LogP contribution is 2.24. The summed E-state index contributed by atoms with van der Waals surface area (Å²) >= 11 is 0. The van der Waals surface area contributed by atoms with Gasteiger partial charge in [-0.2, -0.15) is 5.10 Å². The lowest BCUT2D eigenvalue weighted by atomic mass is 9.91. The van der Waals surface area contributed by atoms with Gasteiger partial charge in [0.25, 0.3) is 5.91 Å². The first-order chi connectivity index (χ1) is 11.9. The number of likely N-dealkylation sites (tertiary alicyclic amines) is 1. The minimum atomic E-state index is -0.295. The topological polar surface area (TPSA) is 64.2 Å². The lowest BCUT2D eigenvalue weighted by Crippen LogP contribution is -2.45. The van der Waals surface area contributed by atoms with Crippen molar-refractivity contribution in [2.45, 2.75) is 39.7 Å². The number of amides is 1. The molecule has 2 atom stereocenters. The third kappa shape index (κ3) is 3.44. The Balaban J connectivity index is 1.90. The summed E-state index contributed by atoms with van der Waals surface area (Å²) in [5.41, 5.74) is 8.88. The van der Waals surface area contributed by atoms with Crippen LogP contribution in [0.2, 0.25) is 0 Å². The van der Waals surface area contributed by atoms with Crippen LogP contribution < -0.4 is 5.73 Å². The molecule has 1 amide bonds. The Hall–Kier alpha value is -2.21. The van der Waals surface area contributed by atoms with Crippen molar-refractivity contribution in [3.63, 3.8) is 0 Å². The fourth-order valence-corrected chi connectivity index (χ4v) is 3.57. The maximum absolute atomic E-state index is 13.2. The molecule has 0 spiro atoms. The fraction of sp³-hybridized carbons (Fsp3) is 0.474. The molecule has 2 N–H and O–H groups in total. The normalized spacial score (nSPS) is 19.1. The van der Waals surface area contributed by atoms with Crippen LogP contribution in [0, 0.1) is 25.6 Å². The number of hydrogen-bond donors (Lipinski definition) is 1. The van der Waals surface area contributed by atoms with Crippen molar-refractivity contribution in [1.29, 1.82) is 0 Å². The minimum Gasteiger partial charge on any atom is -0.338 e. The number of aryl methyl sites for hydroxylation is 1. The molecule has 2 heterocycles. The highest BCUT2D eigenvalue weighted by Gasteiger charge is 2.29.